The molecule has 0 unspecified atom stereocenters. The van der Waals surface area contributed by atoms with E-state index in [1.807, 2.05) is 6.92 Å². The first-order valence-electron chi connectivity index (χ1n) is 10.2. The standard InChI is InChI=1S/C23H19NO6/c1-10-6-11(7-17-12(10)4-5-18(25)30-17)29-19(26)9-24-22(27)20-13-2-3-14(16-8-15(13)16)21(20)23(24)28/h2-7,13-16,20-21H,8-9H2,1H3/t13-,14-,15-,16+,20+,21+/m0/s1. The number of nitrogens with zero attached hydrogens (tertiary/aromatic N) is 1. The van der Waals surface area contributed by atoms with Gasteiger partial charge in [-0.3, -0.25) is 14.5 Å². The third-order valence-corrected chi connectivity index (χ3v) is 7.19. The molecule has 30 heavy (non-hydrogen) atoms. The molecule has 2 bridgehead atoms. The molecule has 1 aromatic heterocycles. The Balaban J connectivity index is 1.22. The molecule has 2 amide bonds. The van der Waals surface area contributed by atoms with Gasteiger partial charge in [-0.25, -0.2) is 9.59 Å². The Morgan fingerprint density at radius 2 is 1.73 bits per heavy atom. The Morgan fingerprint density at radius 3 is 2.40 bits per heavy atom. The molecular formula is C23H19NO6. The molecule has 5 aliphatic rings. The third-order valence-electron chi connectivity index (χ3n) is 7.19. The molecule has 0 radical (unpaired) electrons. The summed E-state index contributed by atoms with van der Waals surface area (Å²) in [6.07, 6.45) is 5.28. The predicted octanol–water partition coefficient (Wildman–Crippen LogP) is 2.06. The number of likely N-dealkylation sites (tertiary alicyclic amines) is 1. The van der Waals surface area contributed by atoms with Crippen molar-refractivity contribution in [1.82, 2.24) is 4.90 Å². The van der Waals surface area contributed by atoms with Crippen molar-refractivity contribution in [2.45, 2.75) is 13.3 Å². The first-order valence-corrected chi connectivity index (χ1v) is 10.2. The summed E-state index contributed by atoms with van der Waals surface area (Å²) in [5.74, 6) is -0.402. The minimum Gasteiger partial charge on any atom is -0.425 e. The van der Waals surface area contributed by atoms with Crippen LogP contribution in [0.3, 0.4) is 0 Å². The smallest absolute Gasteiger partial charge is 0.336 e. The van der Waals surface area contributed by atoms with Crippen LogP contribution in [0, 0.1) is 42.4 Å². The molecule has 4 aliphatic carbocycles. The fourth-order valence-corrected chi connectivity index (χ4v) is 5.85. The van der Waals surface area contributed by atoms with E-state index in [1.165, 1.54) is 12.1 Å². The normalized spacial score (nSPS) is 33.0. The number of aryl methyl sites for hydroxylation is 1. The second kappa shape index (κ2) is 5.90. The number of ether oxygens (including phenoxy) is 1. The summed E-state index contributed by atoms with van der Waals surface area (Å²) in [5, 5.41) is 0.741. The molecule has 152 valence electrons. The number of hydrogen-bond donors (Lipinski definition) is 0. The van der Waals surface area contributed by atoms with E-state index in [1.54, 1.807) is 12.1 Å². The largest absolute Gasteiger partial charge is 0.425 e. The van der Waals surface area contributed by atoms with Gasteiger partial charge in [0.05, 0.1) is 11.8 Å². The number of esters is 1. The van der Waals surface area contributed by atoms with Crippen molar-refractivity contribution in [2.75, 3.05) is 6.54 Å². The Morgan fingerprint density at radius 1 is 1.07 bits per heavy atom. The number of carbonyl (C=O) groups is 3. The number of hydrogen-bond acceptors (Lipinski definition) is 6. The van der Waals surface area contributed by atoms with Gasteiger partial charge in [0, 0.05) is 17.5 Å². The lowest BCUT2D eigenvalue weighted by Gasteiger charge is -2.37. The Labute approximate surface area is 171 Å². The highest BCUT2D eigenvalue weighted by molar-refractivity contribution is 6.08. The number of carbonyl (C=O) groups excluding carboxylic acids is 3. The number of rotatable bonds is 3. The molecule has 0 N–H and O–H groups in total. The summed E-state index contributed by atoms with van der Waals surface area (Å²) >= 11 is 0. The number of allylic oxidation sites excluding steroid dienone is 2. The average molecular weight is 405 g/mol. The van der Waals surface area contributed by atoms with Gasteiger partial charge in [0.25, 0.3) is 0 Å². The van der Waals surface area contributed by atoms with Gasteiger partial charge in [-0.2, -0.15) is 0 Å². The van der Waals surface area contributed by atoms with Gasteiger partial charge in [0.1, 0.15) is 17.9 Å². The number of amides is 2. The maximum absolute atomic E-state index is 13.0. The van der Waals surface area contributed by atoms with Crippen molar-refractivity contribution < 1.29 is 23.5 Å². The third kappa shape index (κ3) is 2.38. The highest BCUT2D eigenvalue weighted by atomic mass is 16.5. The van der Waals surface area contributed by atoms with Crippen LogP contribution in [-0.4, -0.2) is 29.2 Å². The van der Waals surface area contributed by atoms with Crippen molar-refractivity contribution >= 4 is 28.8 Å². The Hall–Kier alpha value is -3.22. The molecule has 1 saturated heterocycles. The van der Waals surface area contributed by atoms with Gasteiger partial charge < -0.3 is 9.15 Å². The predicted molar refractivity (Wildman–Crippen MR) is 104 cm³/mol. The van der Waals surface area contributed by atoms with E-state index in [9.17, 15) is 19.2 Å². The van der Waals surface area contributed by atoms with Gasteiger partial charge >= 0.3 is 11.6 Å². The SMILES string of the molecule is Cc1cc(OC(=O)CN2C(=O)[C@@H]3[C@H]4C=C[C@@H]([C@@H]5C[C@H]45)[C@H]3C2=O)cc2oc(=O)ccc12. The summed E-state index contributed by atoms with van der Waals surface area (Å²) in [5.41, 5.74) is 0.592. The van der Waals surface area contributed by atoms with Crippen molar-refractivity contribution in [2.24, 2.45) is 35.5 Å². The molecule has 3 fully saturated rings. The lowest BCUT2D eigenvalue weighted by molar-refractivity contribution is -0.148. The van der Waals surface area contributed by atoms with Crippen molar-refractivity contribution in [1.29, 1.82) is 0 Å². The zero-order valence-electron chi connectivity index (χ0n) is 16.2. The van der Waals surface area contributed by atoms with Crippen molar-refractivity contribution in [3.05, 3.63) is 52.4 Å². The second-order valence-corrected chi connectivity index (χ2v) is 8.80. The summed E-state index contributed by atoms with van der Waals surface area (Å²) in [6, 6.07) is 6.10. The lowest BCUT2D eigenvalue weighted by atomic mass is 9.63. The van der Waals surface area contributed by atoms with E-state index >= 15 is 0 Å². The summed E-state index contributed by atoms with van der Waals surface area (Å²) in [7, 11) is 0. The van der Waals surface area contributed by atoms with E-state index in [-0.39, 0.29) is 41.2 Å². The molecule has 7 heteroatoms. The number of benzene rings is 1. The summed E-state index contributed by atoms with van der Waals surface area (Å²) < 4.78 is 10.6. The maximum atomic E-state index is 13.0. The van der Waals surface area contributed by atoms with Gasteiger partial charge in [-0.1, -0.05) is 12.2 Å². The van der Waals surface area contributed by atoms with Crippen LogP contribution in [0.25, 0.3) is 11.0 Å². The van der Waals surface area contributed by atoms with Crippen LogP contribution in [0.2, 0.25) is 0 Å². The first-order chi connectivity index (χ1) is 14.4. The van der Waals surface area contributed by atoms with E-state index in [4.69, 9.17) is 9.15 Å². The fraction of sp³-hybridized carbons (Fsp3) is 0.391. The Kier molecular flexibility index (Phi) is 3.47. The van der Waals surface area contributed by atoms with E-state index in [0.717, 1.165) is 22.3 Å². The fourth-order valence-electron chi connectivity index (χ4n) is 5.85. The highest BCUT2D eigenvalue weighted by Gasteiger charge is 2.67. The summed E-state index contributed by atoms with van der Waals surface area (Å²) in [6.45, 7) is 1.40. The molecule has 1 aromatic carbocycles. The molecule has 7 nitrogen and oxygen atoms in total. The van der Waals surface area contributed by atoms with Crippen LogP contribution in [0.15, 0.2) is 45.6 Å². The maximum Gasteiger partial charge on any atom is 0.336 e. The van der Waals surface area contributed by atoms with Gasteiger partial charge in [-0.15, -0.1) is 0 Å². The quantitative estimate of drug-likeness (QED) is 0.255. The van der Waals surface area contributed by atoms with Crippen molar-refractivity contribution in [3.8, 4) is 5.75 Å². The zero-order valence-corrected chi connectivity index (χ0v) is 16.2. The topological polar surface area (TPSA) is 93.9 Å². The van der Waals surface area contributed by atoms with Crippen LogP contribution in [0.1, 0.15) is 12.0 Å². The molecule has 1 aliphatic heterocycles. The molecule has 7 rings (SSSR count). The zero-order chi connectivity index (χ0) is 20.7. The second-order valence-electron chi connectivity index (χ2n) is 8.80. The molecule has 2 saturated carbocycles. The first kappa shape index (κ1) is 17.6. The van der Waals surface area contributed by atoms with Crippen LogP contribution in [-0.2, 0) is 14.4 Å². The summed E-state index contributed by atoms with van der Waals surface area (Å²) in [4.78, 5) is 51.0. The van der Waals surface area contributed by atoms with E-state index in [2.05, 4.69) is 12.2 Å². The minimum absolute atomic E-state index is 0.119. The molecule has 2 heterocycles. The number of fused-ring (bicyclic) bond motifs is 1. The molecular weight excluding hydrogens is 386 g/mol. The van der Waals surface area contributed by atoms with E-state index in [0.29, 0.717) is 17.4 Å². The van der Waals surface area contributed by atoms with Gasteiger partial charge in [-0.05, 0) is 54.7 Å². The Bertz CT molecular complexity index is 1190. The lowest BCUT2D eigenvalue weighted by Crippen LogP contribution is -2.40. The average Bonchev–Trinajstić information content (AvgIpc) is 3.49. The highest BCUT2D eigenvalue weighted by Crippen LogP contribution is 2.65. The van der Waals surface area contributed by atoms with Gasteiger partial charge in [0.2, 0.25) is 11.8 Å². The number of imide groups is 1. The van der Waals surface area contributed by atoms with Crippen LogP contribution >= 0.6 is 0 Å². The molecule has 0 spiro atoms. The minimum atomic E-state index is -0.696. The monoisotopic (exact) mass is 405 g/mol. The molecule has 2 aromatic rings. The van der Waals surface area contributed by atoms with Crippen LogP contribution in [0.5, 0.6) is 5.75 Å². The van der Waals surface area contributed by atoms with Crippen LogP contribution in [0.4, 0.5) is 0 Å². The van der Waals surface area contributed by atoms with Crippen LogP contribution < -0.4 is 10.4 Å². The van der Waals surface area contributed by atoms with Crippen molar-refractivity contribution in [3.63, 3.8) is 0 Å². The van der Waals surface area contributed by atoms with Gasteiger partial charge in [0.15, 0.2) is 0 Å². The van der Waals surface area contributed by atoms with E-state index < -0.39 is 18.1 Å². The molecule has 6 atom stereocenters.